The number of rotatable bonds is 6. The van der Waals surface area contributed by atoms with Crippen LogP contribution in [0.4, 0.5) is 5.69 Å². The summed E-state index contributed by atoms with van der Waals surface area (Å²) >= 11 is 0. The first kappa shape index (κ1) is 17.8. The zero-order chi connectivity index (χ0) is 18.7. The van der Waals surface area contributed by atoms with E-state index in [1.165, 1.54) is 19.2 Å². The van der Waals surface area contributed by atoms with Gasteiger partial charge in [-0.3, -0.25) is 9.54 Å². The summed E-state index contributed by atoms with van der Waals surface area (Å²) < 4.78 is 46.6. The van der Waals surface area contributed by atoms with Crippen LogP contribution >= 0.6 is 0 Å². The summed E-state index contributed by atoms with van der Waals surface area (Å²) in [4.78, 5) is 4.22. The Balaban J connectivity index is 2.06. The minimum Gasteiger partial charge on any atom is -0.493 e. The Labute approximate surface area is 150 Å². The number of ether oxygens (including phenoxy) is 2. The van der Waals surface area contributed by atoms with E-state index in [2.05, 4.69) is 14.5 Å². The van der Waals surface area contributed by atoms with Gasteiger partial charge in [-0.2, -0.15) is 8.42 Å². The highest BCUT2D eigenvalue weighted by atomic mass is 32.3. The van der Waals surface area contributed by atoms with Gasteiger partial charge in [-0.15, -0.1) is 0 Å². The van der Waals surface area contributed by atoms with Crippen molar-refractivity contribution in [2.75, 3.05) is 19.5 Å². The fourth-order valence-electron chi connectivity index (χ4n) is 2.37. The molecule has 0 aliphatic rings. The van der Waals surface area contributed by atoms with E-state index in [1.807, 2.05) is 19.2 Å². The molecule has 3 rings (SSSR count). The van der Waals surface area contributed by atoms with Gasteiger partial charge in [0.2, 0.25) is 0 Å². The lowest BCUT2D eigenvalue weighted by molar-refractivity contribution is 0.360. The van der Waals surface area contributed by atoms with Crippen molar-refractivity contribution in [2.45, 2.75) is 0 Å². The molecule has 0 unspecified atom stereocenters. The second-order valence-electron chi connectivity index (χ2n) is 5.22. The zero-order valence-corrected chi connectivity index (χ0v) is 14.8. The SMILES string of the molecule is CNc1ccc(Oc2ccnc3cc(OC)c(OS(=O)(=O)O)cc23)cc1. The van der Waals surface area contributed by atoms with Crippen LogP contribution in [0, 0.1) is 0 Å². The lowest BCUT2D eigenvalue weighted by Gasteiger charge is -2.12. The van der Waals surface area contributed by atoms with E-state index in [4.69, 9.17) is 14.0 Å². The van der Waals surface area contributed by atoms with Crippen molar-refractivity contribution in [3.8, 4) is 23.0 Å². The standard InChI is InChI=1S/C17H16N2O6S/c1-18-11-3-5-12(6-4-11)24-15-7-8-19-14-10-16(23-2)17(9-13(14)15)25-26(20,21)22/h3-10,18H,1-2H3,(H,20,21,22). The third-order valence-electron chi connectivity index (χ3n) is 3.55. The highest BCUT2D eigenvalue weighted by molar-refractivity contribution is 7.81. The number of aromatic nitrogens is 1. The van der Waals surface area contributed by atoms with Gasteiger partial charge in [0.25, 0.3) is 0 Å². The van der Waals surface area contributed by atoms with Gasteiger partial charge in [0.05, 0.1) is 12.6 Å². The van der Waals surface area contributed by atoms with E-state index in [0.717, 1.165) is 5.69 Å². The van der Waals surface area contributed by atoms with Gasteiger partial charge in [0.1, 0.15) is 11.5 Å². The molecule has 9 heteroatoms. The Bertz CT molecular complexity index is 1040. The molecule has 0 saturated heterocycles. The van der Waals surface area contributed by atoms with Gasteiger partial charge < -0.3 is 19.0 Å². The highest BCUT2D eigenvalue weighted by Gasteiger charge is 2.16. The van der Waals surface area contributed by atoms with E-state index < -0.39 is 10.4 Å². The average molecular weight is 376 g/mol. The number of nitrogens with zero attached hydrogens (tertiary/aromatic N) is 1. The normalized spacial score (nSPS) is 11.2. The van der Waals surface area contributed by atoms with E-state index in [9.17, 15) is 8.42 Å². The van der Waals surface area contributed by atoms with Crippen molar-refractivity contribution in [3.63, 3.8) is 0 Å². The Hall–Kier alpha value is -3.04. The molecule has 0 spiro atoms. The Morgan fingerprint density at radius 1 is 1.04 bits per heavy atom. The summed E-state index contributed by atoms with van der Waals surface area (Å²) in [6, 6.07) is 11.8. The summed E-state index contributed by atoms with van der Waals surface area (Å²) in [6.07, 6.45) is 1.56. The van der Waals surface area contributed by atoms with Crippen molar-refractivity contribution < 1.29 is 26.6 Å². The number of hydrogen-bond donors (Lipinski definition) is 2. The van der Waals surface area contributed by atoms with Crippen molar-refractivity contribution in [3.05, 3.63) is 48.7 Å². The van der Waals surface area contributed by atoms with Crippen molar-refractivity contribution >= 4 is 27.0 Å². The average Bonchev–Trinajstić information content (AvgIpc) is 2.61. The molecule has 0 amide bonds. The molecule has 0 fully saturated rings. The summed E-state index contributed by atoms with van der Waals surface area (Å²) in [5.74, 6) is 0.962. The van der Waals surface area contributed by atoms with E-state index in [-0.39, 0.29) is 11.5 Å². The maximum absolute atomic E-state index is 11.1. The highest BCUT2D eigenvalue weighted by Crippen LogP contribution is 2.37. The van der Waals surface area contributed by atoms with Gasteiger partial charge >= 0.3 is 10.4 Å². The number of benzene rings is 2. The summed E-state index contributed by atoms with van der Waals surface area (Å²) in [5.41, 5.74) is 1.44. The van der Waals surface area contributed by atoms with E-state index >= 15 is 0 Å². The Morgan fingerprint density at radius 2 is 1.77 bits per heavy atom. The van der Waals surface area contributed by atoms with Crippen LogP contribution < -0.4 is 19.0 Å². The monoisotopic (exact) mass is 376 g/mol. The first-order valence-electron chi connectivity index (χ1n) is 7.49. The second-order valence-corrected chi connectivity index (χ2v) is 6.24. The van der Waals surface area contributed by atoms with Gasteiger partial charge in [-0.1, -0.05) is 0 Å². The smallest absolute Gasteiger partial charge is 0.446 e. The molecule has 0 aliphatic heterocycles. The van der Waals surface area contributed by atoms with Crippen LogP contribution in [0.1, 0.15) is 0 Å². The lowest BCUT2D eigenvalue weighted by Crippen LogP contribution is -2.07. The summed E-state index contributed by atoms with van der Waals surface area (Å²) in [6.45, 7) is 0. The number of methoxy groups -OCH3 is 1. The summed E-state index contributed by atoms with van der Waals surface area (Å²) in [7, 11) is -1.54. The molecule has 1 heterocycles. The van der Waals surface area contributed by atoms with Crippen LogP contribution in [0.2, 0.25) is 0 Å². The Morgan fingerprint density at radius 3 is 2.38 bits per heavy atom. The molecule has 0 saturated carbocycles. The van der Waals surface area contributed by atoms with Gasteiger partial charge in [-0.05, 0) is 36.4 Å². The maximum atomic E-state index is 11.1. The molecule has 0 aliphatic carbocycles. The van der Waals surface area contributed by atoms with Crippen LogP contribution in [0.3, 0.4) is 0 Å². The van der Waals surface area contributed by atoms with E-state index in [1.54, 1.807) is 24.4 Å². The molecular weight excluding hydrogens is 360 g/mol. The molecular formula is C17H16N2O6S. The number of fused-ring (bicyclic) bond motifs is 1. The largest absolute Gasteiger partial charge is 0.493 e. The molecule has 0 radical (unpaired) electrons. The molecule has 1 aromatic heterocycles. The second kappa shape index (κ2) is 7.06. The fourth-order valence-corrected chi connectivity index (χ4v) is 2.73. The van der Waals surface area contributed by atoms with Crippen molar-refractivity contribution in [1.29, 1.82) is 0 Å². The first-order chi connectivity index (χ1) is 12.4. The molecule has 26 heavy (non-hydrogen) atoms. The van der Waals surface area contributed by atoms with Gasteiger partial charge in [0.15, 0.2) is 11.5 Å². The van der Waals surface area contributed by atoms with Crippen LogP contribution in [-0.4, -0.2) is 32.1 Å². The number of anilines is 1. The van der Waals surface area contributed by atoms with E-state index in [0.29, 0.717) is 22.4 Å². The van der Waals surface area contributed by atoms with Crippen LogP contribution in [0.25, 0.3) is 10.9 Å². The van der Waals surface area contributed by atoms with Crippen molar-refractivity contribution in [1.82, 2.24) is 4.98 Å². The third kappa shape index (κ3) is 3.95. The van der Waals surface area contributed by atoms with Gasteiger partial charge in [-0.25, -0.2) is 0 Å². The Kier molecular flexibility index (Phi) is 4.83. The zero-order valence-electron chi connectivity index (χ0n) is 14.0. The molecule has 2 N–H and O–H groups in total. The molecule has 3 aromatic rings. The van der Waals surface area contributed by atoms with Crippen LogP contribution in [-0.2, 0) is 10.4 Å². The maximum Gasteiger partial charge on any atom is 0.446 e. The first-order valence-corrected chi connectivity index (χ1v) is 8.85. The topological polar surface area (TPSA) is 107 Å². The molecule has 8 nitrogen and oxygen atoms in total. The molecule has 0 bridgehead atoms. The predicted octanol–water partition coefficient (Wildman–Crippen LogP) is 3.26. The fraction of sp³-hybridized carbons (Fsp3) is 0.118. The minimum absolute atomic E-state index is 0.109. The lowest BCUT2D eigenvalue weighted by atomic mass is 10.2. The number of hydrogen-bond acceptors (Lipinski definition) is 7. The number of nitrogens with one attached hydrogen (secondary N) is 1. The van der Waals surface area contributed by atoms with Crippen molar-refractivity contribution in [2.24, 2.45) is 0 Å². The van der Waals surface area contributed by atoms with Crippen LogP contribution in [0.5, 0.6) is 23.0 Å². The summed E-state index contributed by atoms with van der Waals surface area (Å²) in [5, 5.41) is 3.50. The predicted molar refractivity (Wildman–Crippen MR) is 96.5 cm³/mol. The molecule has 0 atom stereocenters. The third-order valence-corrected chi connectivity index (χ3v) is 3.94. The van der Waals surface area contributed by atoms with Gasteiger partial charge in [0, 0.05) is 30.4 Å². The number of pyridine rings is 1. The molecule has 136 valence electrons. The molecule has 2 aromatic carbocycles. The minimum atomic E-state index is -4.71. The quantitative estimate of drug-likeness (QED) is 0.631. The van der Waals surface area contributed by atoms with Crippen LogP contribution in [0.15, 0.2) is 48.7 Å².